The van der Waals surface area contributed by atoms with E-state index >= 15 is 0 Å². The third-order valence-corrected chi connectivity index (χ3v) is 5.91. The molecule has 2 aromatic rings. The number of anilines is 2. The van der Waals surface area contributed by atoms with Crippen molar-refractivity contribution in [3.05, 3.63) is 54.1 Å². The molecule has 2 N–H and O–H groups in total. The Kier molecular flexibility index (Phi) is 6.28. The van der Waals surface area contributed by atoms with Crippen LogP contribution in [0.5, 0.6) is 0 Å². The van der Waals surface area contributed by atoms with Crippen molar-refractivity contribution in [3.63, 3.8) is 0 Å². The van der Waals surface area contributed by atoms with Crippen LogP contribution in [0.4, 0.5) is 11.4 Å². The maximum absolute atomic E-state index is 12.2. The molecule has 0 aliphatic heterocycles. The predicted octanol–water partition coefficient (Wildman–Crippen LogP) is 3.29. The molecule has 0 aliphatic carbocycles. The number of sulfonamides is 1. The highest BCUT2D eigenvalue weighted by Crippen LogP contribution is 2.23. The monoisotopic (exact) mass is 389 g/mol. The fraction of sp³-hybridized carbons (Fsp3) is 0.350. The largest absolute Gasteiger partial charge is 0.376 e. The van der Waals surface area contributed by atoms with Gasteiger partial charge in [0.15, 0.2) is 0 Å². The summed E-state index contributed by atoms with van der Waals surface area (Å²) in [5.74, 6) is -0.209. The lowest BCUT2D eigenvalue weighted by Gasteiger charge is -2.19. The van der Waals surface area contributed by atoms with Gasteiger partial charge in [-0.2, -0.15) is 0 Å². The number of nitrogens with zero attached hydrogens (tertiary/aromatic N) is 1. The number of amides is 1. The quantitative estimate of drug-likeness (QED) is 0.795. The summed E-state index contributed by atoms with van der Waals surface area (Å²) in [4.78, 5) is 12.3. The van der Waals surface area contributed by atoms with Crippen molar-refractivity contribution in [3.8, 4) is 0 Å². The zero-order chi connectivity index (χ0) is 20.2. The lowest BCUT2D eigenvalue weighted by Crippen LogP contribution is -2.23. The predicted molar refractivity (Wildman–Crippen MR) is 110 cm³/mol. The van der Waals surface area contributed by atoms with E-state index in [0.29, 0.717) is 5.69 Å². The van der Waals surface area contributed by atoms with Crippen LogP contribution in [0.15, 0.2) is 53.4 Å². The Morgan fingerprint density at radius 2 is 1.63 bits per heavy atom. The average Bonchev–Trinajstić information content (AvgIpc) is 2.60. The lowest BCUT2D eigenvalue weighted by molar-refractivity contribution is -0.114. The van der Waals surface area contributed by atoms with Crippen molar-refractivity contribution >= 4 is 27.3 Å². The van der Waals surface area contributed by atoms with Crippen LogP contribution in [0.25, 0.3) is 0 Å². The maximum atomic E-state index is 12.2. The van der Waals surface area contributed by atoms with Gasteiger partial charge in [0.2, 0.25) is 15.9 Å². The van der Waals surface area contributed by atoms with Crippen molar-refractivity contribution in [1.29, 1.82) is 0 Å². The van der Waals surface area contributed by atoms with E-state index < -0.39 is 10.0 Å². The molecule has 27 heavy (non-hydrogen) atoms. The summed E-state index contributed by atoms with van der Waals surface area (Å²) in [7, 11) is -0.550. The first kappa shape index (κ1) is 20.9. The van der Waals surface area contributed by atoms with Gasteiger partial charge in [0.25, 0.3) is 0 Å². The number of hydrogen-bond acceptors (Lipinski definition) is 4. The first-order valence-electron chi connectivity index (χ1n) is 8.67. The van der Waals surface area contributed by atoms with Crippen molar-refractivity contribution in [2.75, 3.05) is 31.3 Å². The molecule has 0 spiro atoms. The molecule has 0 saturated carbocycles. The minimum Gasteiger partial charge on any atom is -0.376 e. The minimum atomic E-state index is -3.51. The van der Waals surface area contributed by atoms with Gasteiger partial charge in [-0.3, -0.25) is 4.79 Å². The zero-order valence-corrected chi connectivity index (χ0v) is 17.2. The van der Waals surface area contributed by atoms with Gasteiger partial charge in [-0.25, -0.2) is 12.7 Å². The summed E-state index contributed by atoms with van der Waals surface area (Å²) in [5.41, 5.74) is 2.54. The molecule has 7 heteroatoms. The summed E-state index contributed by atoms with van der Waals surface area (Å²) < 4.78 is 25.5. The van der Waals surface area contributed by atoms with Crippen LogP contribution >= 0.6 is 0 Å². The van der Waals surface area contributed by atoms with E-state index in [-0.39, 0.29) is 22.8 Å². The first-order chi connectivity index (χ1) is 12.5. The summed E-state index contributed by atoms with van der Waals surface area (Å²) >= 11 is 0. The van der Waals surface area contributed by atoms with E-state index in [1.54, 1.807) is 12.1 Å². The summed E-state index contributed by atoms with van der Waals surface area (Å²) in [6, 6.07) is 14.2. The number of carbonyl (C=O) groups is 1. The van der Waals surface area contributed by atoms with Gasteiger partial charge in [-0.15, -0.1) is 0 Å². The van der Waals surface area contributed by atoms with Crippen LogP contribution in [0.1, 0.15) is 26.3 Å². The molecule has 1 amide bonds. The van der Waals surface area contributed by atoms with Gasteiger partial charge in [-0.1, -0.05) is 39.0 Å². The van der Waals surface area contributed by atoms with E-state index in [0.717, 1.165) is 9.99 Å². The molecule has 0 heterocycles. The third kappa shape index (κ3) is 5.55. The number of rotatable bonds is 6. The molecule has 0 unspecified atom stereocenters. The van der Waals surface area contributed by atoms with E-state index in [1.807, 2.05) is 24.3 Å². The smallest absolute Gasteiger partial charge is 0.243 e. The summed E-state index contributed by atoms with van der Waals surface area (Å²) in [6.45, 7) is 6.44. The Hall–Kier alpha value is -2.38. The molecule has 6 nitrogen and oxygen atoms in total. The maximum Gasteiger partial charge on any atom is 0.243 e. The SMILES string of the molecule is CN(C)S(=O)(=O)c1cccc(NCC(=O)Nc2ccc(C(C)(C)C)cc2)c1. The molecule has 0 atom stereocenters. The molecular weight excluding hydrogens is 362 g/mol. The van der Waals surface area contributed by atoms with Gasteiger partial charge in [-0.05, 0) is 41.3 Å². The van der Waals surface area contributed by atoms with Crippen LogP contribution in [-0.4, -0.2) is 39.3 Å². The van der Waals surface area contributed by atoms with Crippen LogP contribution in [0, 0.1) is 0 Å². The highest BCUT2D eigenvalue weighted by atomic mass is 32.2. The summed E-state index contributed by atoms with van der Waals surface area (Å²) in [6.07, 6.45) is 0. The fourth-order valence-corrected chi connectivity index (χ4v) is 3.37. The second kappa shape index (κ2) is 8.10. The molecule has 2 aromatic carbocycles. The van der Waals surface area contributed by atoms with Gasteiger partial charge in [0, 0.05) is 25.5 Å². The van der Waals surface area contributed by atoms with Crippen molar-refractivity contribution in [2.45, 2.75) is 31.1 Å². The fourth-order valence-electron chi connectivity index (χ4n) is 2.42. The Labute approximate surface area is 161 Å². The molecule has 0 bridgehead atoms. The molecule has 0 fully saturated rings. The zero-order valence-electron chi connectivity index (χ0n) is 16.4. The van der Waals surface area contributed by atoms with Gasteiger partial charge >= 0.3 is 0 Å². The molecule has 146 valence electrons. The Balaban J connectivity index is 1.98. The van der Waals surface area contributed by atoms with E-state index in [4.69, 9.17) is 0 Å². The molecule has 0 aromatic heterocycles. The van der Waals surface area contributed by atoms with Crippen LogP contribution in [0.3, 0.4) is 0 Å². The first-order valence-corrected chi connectivity index (χ1v) is 10.1. The lowest BCUT2D eigenvalue weighted by atomic mass is 9.87. The van der Waals surface area contributed by atoms with E-state index in [2.05, 4.69) is 31.4 Å². The van der Waals surface area contributed by atoms with Crippen LogP contribution in [-0.2, 0) is 20.2 Å². The Morgan fingerprint density at radius 3 is 2.19 bits per heavy atom. The van der Waals surface area contributed by atoms with Gasteiger partial charge in [0.05, 0.1) is 11.4 Å². The van der Waals surface area contributed by atoms with Crippen molar-refractivity contribution in [2.24, 2.45) is 0 Å². The van der Waals surface area contributed by atoms with E-state index in [1.165, 1.54) is 31.8 Å². The third-order valence-electron chi connectivity index (χ3n) is 4.10. The molecule has 2 rings (SSSR count). The van der Waals surface area contributed by atoms with Crippen molar-refractivity contribution < 1.29 is 13.2 Å². The molecule has 0 radical (unpaired) electrons. The molecular formula is C20H27N3O3S. The normalized spacial score (nSPS) is 12.1. The van der Waals surface area contributed by atoms with Crippen LogP contribution < -0.4 is 10.6 Å². The highest BCUT2D eigenvalue weighted by molar-refractivity contribution is 7.89. The Morgan fingerprint density at radius 1 is 1.00 bits per heavy atom. The topological polar surface area (TPSA) is 78.5 Å². The number of hydrogen-bond donors (Lipinski definition) is 2. The summed E-state index contributed by atoms with van der Waals surface area (Å²) in [5, 5.41) is 5.78. The molecule has 0 saturated heterocycles. The Bertz CT molecular complexity index is 899. The molecule has 0 aliphatic rings. The minimum absolute atomic E-state index is 0.0342. The van der Waals surface area contributed by atoms with Crippen LogP contribution in [0.2, 0.25) is 0 Å². The van der Waals surface area contributed by atoms with Crippen molar-refractivity contribution in [1.82, 2.24) is 4.31 Å². The van der Waals surface area contributed by atoms with E-state index in [9.17, 15) is 13.2 Å². The number of carbonyl (C=O) groups excluding carboxylic acids is 1. The van der Waals surface area contributed by atoms with Gasteiger partial charge in [0.1, 0.15) is 0 Å². The highest BCUT2D eigenvalue weighted by Gasteiger charge is 2.17. The average molecular weight is 390 g/mol. The standard InChI is InChI=1S/C20H27N3O3S/c1-20(2,3)15-9-11-16(12-10-15)22-19(24)14-21-17-7-6-8-18(13-17)27(25,26)23(4)5/h6-13,21H,14H2,1-5H3,(H,22,24). The number of nitrogens with one attached hydrogen (secondary N) is 2. The second-order valence-electron chi connectivity index (χ2n) is 7.54. The second-order valence-corrected chi connectivity index (χ2v) is 9.70. The van der Waals surface area contributed by atoms with Gasteiger partial charge < -0.3 is 10.6 Å². The number of benzene rings is 2.